The van der Waals surface area contributed by atoms with E-state index in [2.05, 4.69) is 0 Å². The smallest absolute Gasteiger partial charge is 0.142 e. The van der Waals surface area contributed by atoms with E-state index in [1.54, 1.807) is 24.3 Å². The first-order valence-electron chi connectivity index (χ1n) is 5.79. The second kappa shape index (κ2) is 6.60. The predicted molar refractivity (Wildman–Crippen MR) is 76.5 cm³/mol. The van der Waals surface area contributed by atoms with E-state index in [0.29, 0.717) is 16.3 Å². The molecule has 102 valence electrons. The van der Waals surface area contributed by atoms with Gasteiger partial charge in [0.2, 0.25) is 0 Å². The van der Waals surface area contributed by atoms with Crippen molar-refractivity contribution in [2.24, 2.45) is 0 Å². The fourth-order valence-corrected chi connectivity index (χ4v) is 2.23. The van der Waals surface area contributed by atoms with Crippen molar-refractivity contribution in [2.75, 3.05) is 0 Å². The normalized spacial score (nSPS) is 10.1. The SMILES string of the molecule is N#Cc1cc(F)cc(COc2c(Cl)cccc2CCl)c1. The fraction of sp³-hybridized carbons (Fsp3) is 0.133. The molecule has 0 atom stereocenters. The maximum atomic E-state index is 13.3. The highest BCUT2D eigenvalue weighted by molar-refractivity contribution is 6.32. The molecule has 0 saturated carbocycles. The minimum absolute atomic E-state index is 0.111. The topological polar surface area (TPSA) is 33.0 Å². The van der Waals surface area contributed by atoms with Crippen molar-refractivity contribution in [3.63, 3.8) is 0 Å². The van der Waals surface area contributed by atoms with E-state index in [9.17, 15) is 4.39 Å². The Morgan fingerprint density at radius 3 is 2.75 bits per heavy atom. The zero-order valence-electron chi connectivity index (χ0n) is 10.4. The van der Waals surface area contributed by atoms with E-state index in [0.717, 1.165) is 5.56 Å². The van der Waals surface area contributed by atoms with Crippen LogP contribution in [0.1, 0.15) is 16.7 Å². The molecular formula is C15H10Cl2FNO. The predicted octanol–water partition coefficient (Wildman–Crippen LogP) is 4.67. The Kier molecular flexibility index (Phi) is 4.84. The van der Waals surface area contributed by atoms with Crippen molar-refractivity contribution in [2.45, 2.75) is 12.5 Å². The van der Waals surface area contributed by atoms with Crippen LogP contribution in [0.15, 0.2) is 36.4 Å². The quantitative estimate of drug-likeness (QED) is 0.769. The molecule has 0 saturated heterocycles. The van der Waals surface area contributed by atoms with Crippen LogP contribution in [0, 0.1) is 17.1 Å². The average Bonchev–Trinajstić information content (AvgIpc) is 2.45. The van der Waals surface area contributed by atoms with Crippen molar-refractivity contribution >= 4 is 23.2 Å². The minimum atomic E-state index is -0.473. The number of benzene rings is 2. The fourth-order valence-electron chi connectivity index (χ4n) is 1.77. The van der Waals surface area contributed by atoms with Gasteiger partial charge in [-0.3, -0.25) is 0 Å². The standard InChI is InChI=1S/C15H10Cl2FNO/c16-7-12-2-1-3-14(17)15(12)20-9-11-4-10(8-19)5-13(18)6-11/h1-6H,7,9H2. The van der Waals surface area contributed by atoms with Crippen molar-refractivity contribution in [1.82, 2.24) is 0 Å². The summed E-state index contributed by atoms with van der Waals surface area (Å²) in [5.41, 5.74) is 1.57. The molecule has 0 aliphatic rings. The van der Waals surface area contributed by atoms with Gasteiger partial charge in [-0.2, -0.15) is 5.26 Å². The number of ether oxygens (including phenoxy) is 1. The van der Waals surface area contributed by atoms with Gasteiger partial charge < -0.3 is 4.74 Å². The van der Waals surface area contributed by atoms with E-state index in [1.165, 1.54) is 12.1 Å². The second-order valence-electron chi connectivity index (χ2n) is 4.11. The molecule has 2 rings (SSSR count). The lowest BCUT2D eigenvalue weighted by Gasteiger charge is -2.12. The number of alkyl halides is 1. The summed E-state index contributed by atoms with van der Waals surface area (Å²) in [7, 11) is 0. The molecule has 0 unspecified atom stereocenters. The van der Waals surface area contributed by atoms with Crippen LogP contribution in [0.25, 0.3) is 0 Å². The molecule has 0 amide bonds. The van der Waals surface area contributed by atoms with E-state index in [1.807, 2.05) is 6.07 Å². The third kappa shape index (κ3) is 3.41. The molecule has 0 radical (unpaired) electrons. The Morgan fingerprint density at radius 1 is 1.25 bits per heavy atom. The van der Waals surface area contributed by atoms with Crippen molar-refractivity contribution in [3.8, 4) is 11.8 Å². The molecule has 2 nitrogen and oxygen atoms in total. The first-order valence-corrected chi connectivity index (χ1v) is 6.71. The molecule has 0 spiro atoms. The van der Waals surface area contributed by atoms with Crippen LogP contribution in [-0.4, -0.2) is 0 Å². The van der Waals surface area contributed by atoms with Crippen LogP contribution in [0.4, 0.5) is 4.39 Å². The highest BCUT2D eigenvalue weighted by Crippen LogP contribution is 2.30. The monoisotopic (exact) mass is 309 g/mol. The van der Waals surface area contributed by atoms with Crippen LogP contribution in [0.3, 0.4) is 0 Å². The summed E-state index contributed by atoms with van der Waals surface area (Å²) in [6.45, 7) is 0.111. The van der Waals surface area contributed by atoms with E-state index >= 15 is 0 Å². The molecule has 2 aromatic carbocycles. The van der Waals surface area contributed by atoms with E-state index < -0.39 is 5.82 Å². The lowest BCUT2D eigenvalue weighted by atomic mass is 10.1. The molecule has 0 fully saturated rings. The van der Waals surface area contributed by atoms with Gasteiger partial charge in [-0.1, -0.05) is 23.7 Å². The van der Waals surface area contributed by atoms with Gasteiger partial charge in [0.15, 0.2) is 0 Å². The minimum Gasteiger partial charge on any atom is -0.487 e. The van der Waals surface area contributed by atoms with Gasteiger partial charge in [0.05, 0.1) is 22.5 Å². The molecule has 20 heavy (non-hydrogen) atoms. The Balaban J connectivity index is 2.21. The number of halogens is 3. The Morgan fingerprint density at radius 2 is 2.05 bits per heavy atom. The molecule has 0 heterocycles. The molecule has 2 aromatic rings. The lowest BCUT2D eigenvalue weighted by Crippen LogP contribution is -2.00. The van der Waals surface area contributed by atoms with Crippen molar-refractivity contribution < 1.29 is 9.13 Å². The zero-order chi connectivity index (χ0) is 14.5. The largest absolute Gasteiger partial charge is 0.487 e. The highest BCUT2D eigenvalue weighted by Gasteiger charge is 2.09. The van der Waals surface area contributed by atoms with Gasteiger partial charge in [0.1, 0.15) is 18.2 Å². The maximum Gasteiger partial charge on any atom is 0.142 e. The summed E-state index contributed by atoms with van der Waals surface area (Å²) in [5, 5.41) is 9.25. The van der Waals surface area contributed by atoms with Crippen LogP contribution in [0.5, 0.6) is 5.75 Å². The van der Waals surface area contributed by atoms with Crippen LogP contribution in [0.2, 0.25) is 5.02 Å². The summed E-state index contributed by atoms with van der Waals surface area (Å²) in [6, 6.07) is 11.2. The Bertz CT molecular complexity index is 667. The molecule has 0 aliphatic heterocycles. The first-order chi connectivity index (χ1) is 9.63. The number of hydrogen-bond acceptors (Lipinski definition) is 2. The summed E-state index contributed by atoms with van der Waals surface area (Å²) >= 11 is 11.9. The number of nitriles is 1. The van der Waals surface area contributed by atoms with Crippen molar-refractivity contribution in [1.29, 1.82) is 5.26 Å². The van der Waals surface area contributed by atoms with E-state index in [4.69, 9.17) is 33.2 Å². The third-order valence-corrected chi connectivity index (χ3v) is 3.25. The van der Waals surface area contributed by atoms with Gasteiger partial charge in [0.25, 0.3) is 0 Å². The number of rotatable bonds is 4. The van der Waals surface area contributed by atoms with Gasteiger partial charge in [-0.15, -0.1) is 11.6 Å². The Hall–Kier alpha value is -1.76. The molecular weight excluding hydrogens is 300 g/mol. The maximum absolute atomic E-state index is 13.3. The van der Waals surface area contributed by atoms with Gasteiger partial charge in [-0.05, 0) is 29.8 Å². The summed E-state index contributed by atoms with van der Waals surface area (Å²) in [5.74, 6) is 0.272. The molecule has 5 heteroatoms. The summed E-state index contributed by atoms with van der Waals surface area (Å²) < 4.78 is 18.9. The summed E-state index contributed by atoms with van der Waals surface area (Å²) in [6.07, 6.45) is 0. The third-order valence-electron chi connectivity index (χ3n) is 2.66. The first kappa shape index (κ1) is 14.6. The van der Waals surface area contributed by atoms with Crippen LogP contribution in [-0.2, 0) is 12.5 Å². The lowest BCUT2D eigenvalue weighted by molar-refractivity contribution is 0.303. The number of nitrogens with zero attached hydrogens (tertiary/aromatic N) is 1. The van der Waals surface area contributed by atoms with Crippen molar-refractivity contribution in [3.05, 3.63) is 63.9 Å². The van der Waals surface area contributed by atoms with Gasteiger partial charge >= 0.3 is 0 Å². The second-order valence-corrected chi connectivity index (χ2v) is 4.78. The zero-order valence-corrected chi connectivity index (χ0v) is 11.9. The van der Waals surface area contributed by atoms with E-state index in [-0.39, 0.29) is 18.1 Å². The summed E-state index contributed by atoms with van der Waals surface area (Å²) in [4.78, 5) is 0. The highest BCUT2D eigenvalue weighted by atomic mass is 35.5. The molecule has 0 aliphatic carbocycles. The van der Waals surface area contributed by atoms with Gasteiger partial charge in [0, 0.05) is 5.56 Å². The number of para-hydroxylation sites is 1. The Labute approximate surface area is 126 Å². The average molecular weight is 310 g/mol. The molecule has 0 N–H and O–H groups in total. The molecule has 0 bridgehead atoms. The van der Waals surface area contributed by atoms with Crippen LogP contribution < -0.4 is 4.74 Å². The number of hydrogen-bond donors (Lipinski definition) is 0. The van der Waals surface area contributed by atoms with Gasteiger partial charge in [-0.25, -0.2) is 4.39 Å². The molecule has 0 aromatic heterocycles. The van der Waals surface area contributed by atoms with Crippen LogP contribution >= 0.6 is 23.2 Å².